The van der Waals surface area contributed by atoms with Gasteiger partial charge in [-0.15, -0.1) is 0 Å². The standard InChI is InChI=1S/C13H27N3OS/c1-7-13(4,11(14)18)12(17)16(8-2)10(3)9-15(5)6/h10H,7-9H2,1-6H3,(H2,14,18). The van der Waals surface area contributed by atoms with Gasteiger partial charge in [-0.3, -0.25) is 4.79 Å². The van der Waals surface area contributed by atoms with Gasteiger partial charge in [0.25, 0.3) is 0 Å². The summed E-state index contributed by atoms with van der Waals surface area (Å²) >= 11 is 5.07. The number of rotatable bonds is 7. The molecule has 0 aliphatic carbocycles. The monoisotopic (exact) mass is 273 g/mol. The lowest BCUT2D eigenvalue weighted by atomic mass is 9.85. The van der Waals surface area contributed by atoms with E-state index in [1.165, 1.54) is 0 Å². The molecule has 18 heavy (non-hydrogen) atoms. The molecular weight excluding hydrogens is 246 g/mol. The van der Waals surface area contributed by atoms with Gasteiger partial charge in [0.1, 0.15) is 0 Å². The Morgan fingerprint density at radius 3 is 2.17 bits per heavy atom. The molecular formula is C13H27N3OS. The highest BCUT2D eigenvalue weighted by Gasteiger charge is 2.38. The van der Waals surface area contributed by atoms with Gasteiger partial charge in [0.05, 0.1) is 10.4 Å². The van der Waals surface area contributed by atoms with Crippen LogP contribution in [0.2, 0.25) is 0 Å². The zero-order valence-corrected chi connectivity index (χ0v) is 13.3. The van der Waals surface area contributed by atoms with Gasteiger partial charge in [0.2, 0.25) is 5.91 Å². The number of thiocarbonyl (C=S) groups is 1. The summed E-state index contributed by atoms with van der Waals surface area (Å²) in [6, 6.07) is 0.151. The number of carbonyl (C=O) groups excluding carboxylic acids is 1. The van der Waals surface area contributed by atoms with Gasteiger partial charge in [-0.2, -0.15) is 0 Å². The van der Waals surface area contributed by atoms with Crippen LogP contribution in [0.5, 0.6) is 0 Å². The molecule has 0 aliphatic rings. The predicted octanol–water partition coefficient (Wildman–Crippen LogP) is 1.49. The first-order valence-corrected chi connectivity index (χ1v) is 6.87. The molecule has 106 valence electrons. The Balaban J connectivity index is 5.06. The minimum atomic E-state index is -0.730. The molecule has 4 nitrogen and oxygen atoms in total. The molecule has 1 amide bonds. The van der Waals surface area contributed by atoms with Gasteiger partial charge in [-0.25, -0.2) is 0 Å². The van der Waals surface area contributed by atoms with Crippen LogP contribution in [0.25, 0.3) is 0 Å². The second-order valence-corrected chi connectivity index (χ2v) is 5.69. The van der Waals surface area contributed by atoms with Gasteiger partial charge in [0.15, 0.2) is 0 Å². The van der Waals surface area contributed by atoms with Crippen molar-refractivity contribution in [3.8, 4) is 0 Å². The molecule has 0 saturated heterocycles. The van der Waals surface area contributed by atoms with Crippen LogP contribution in [0, 0.1) is 5.41 Å². The van der Waals surface area contributed by atoms with Crippen molar-refractivity contribution in [2.45, 2.75) is 40.2 Å². The fourth-order valence-corrected chi connectivity index (χ4v) is 2.26. The maximum Gasteiger partial charge on any atom is 0.235 e. The zero-order chi connectivity index (χ0) is 14.5. The number of nitrogens with two attached hydrogens (primary N) is 1. The summed E-state index contributed by atoms with van der Waals surface area (Å²) < 4.78 is 0. The second kappa shape index (κ2) is 7.04. The quantitative estimate of drug-likeness (QED) is 0.714. The molecule has 0 fully saturated rings. The van der Waals surface area contributed by atoms with Crippen LogP contribution in [0.15, 0.2) is 0 Å². The van der Waals surface area contributed by atoms with Crippen LogP contribution in [-0.2, 0) is 4.79 Å². The van der Waals surface area contributed by atoms with Crippen molar-refractivity contribution in [3.63, 3.8) is 0 Å². The van der Waals surface area contributed by atoms with E-state index in [0.717, 1.165) is 6.54 Å². The van der Waals surface area contributed by atoms with E-state index in [1.54, 1.807) is 0 Å². The molecule has 5 heteroatoms. The molecule has 2 unspecified atom stereocenters. The van der Waals surface area contributed by atoms with E-state index in [-0.39, 0.29) is 16.9 Å². The summed E-state index contributed by atoms with van der Waals surface area (Å²) in [5, 5.41) is 0. The van der Waals surface area contributed by atoms with E-state index in [0.29, 0.717) is 13.0 Å². The number of amides is 1. The van der Waals surface area contributed by atoms with Crippen LogP contribution in [0.1, 0.15) is 34.1 Å². The van der Waals surface area contributed by atoms with Crippen molar-refractivity contribution in [1.29, 1.82) is 0 Å². The Morgan fingerprint density at radius 1 is 1.39 bits per heavy atom. The third kappa shape index (κ3) is 3.92. The van der Waals surface area contributed by atoms with Crippen molar-refractivity contribution in [2.75, 3.05) is 27.2 Å². The van der Waals surface area contributed by atoms with Crippen LogP contribution in [-0.4, -0.2) is 53.9 Å². The molecule has 0 heterocycles. The molecule has 0 saturated carbocycles. The first-order chi connectivity index (χ1) is 8.20. The Hall–Kier alpha value is -0.680. The second-order valence-electron chi connectivity index (χ2n) is 5.25. The van der Waals surface area contributed by atoms with Crippen molar-refractivity contribution in [1.82, 2.24) is 9.80 Å². The number of carbonyl (C=O) groups is 1. The Labute approximate surface area is 116 Å². The van der Waals surface area contributed by atoms with Gasteiger partial charge in [-0.1, -0.05) is 19.1 Å². The molecule has 0 radical (unpaired) electrons. The molecule has 2 atom stereocenters. The van der Waals surface area contributed by atoms with Crippen molar-refractivity contribution >= 4 is 23.1 Å². The third-order valence-electron chi connectivity index (χ3n) is 3.49. The largest absolute Gasteiger partial charge is 0.392 e. The number of nitrogens with zero attached hydrogens (tertiary/aromatic N) is 2. The molecule has 2 N–H and O–H groups in total. The Kier molecular flexibility index (Phi) is 6.78. The summed E-state index contributed by atoms with van der Waals surface area (Å²) in [4.78, 5) is 16.9. The van der Waals surface area contributed by atoms with Gasteiger partial charge < -0.3 is 15.5 Å². The SMILES string of the molecule is CCN(C(=O)C(C)(CC)C(N)=S)C(C)CN(C)C. The molecule has 0 aromatic heterocycles. The molecule has 0 bridgehead atoms. The topological polar surface area (TPSA) is 49.6 Å². The molecule has 0 spiro atoms. The average Bonchev–Trinajstić information content (AvgIpc) is 2.27. The van der Waals surface area contributed by atoms with Gasteiger partial charge in [-0.05, 0) is 41.3 Å². The van der Waals surface area contributed by atoms with Crippen molar-refractivity contribution < 1.29 is 4.79 Å². The summed E-state index contributed by atoms with van der Waals surface area (Å²) in [5.41, 5.74) is 5.02. The first-order valence-electron chi connectivity index (χ1n) is 6.46. The van der Waals surface area contributed by atoms with Crippen LogP contribution < -0.4 is 5.73 Å². The van der Waals surface area contributed by atoms with E-state index >= 15 is 0 Å². The van der Waals surface area contributed by atoms with Crippen LogP contribution >= 0.6 is 12.2 Å². The van der Waals surface area contributed by atoms with E-state index < -0.39 is 5.41 Å². The Bertz CT molecular complexity index is 307. The van der Waals surface area contributed by atoms with E-state index in [1.807, 2.05) is 39.8 Å². The molecule has 0 rings (SSSR count). The smallest absolute Gasteiger partial charge is 0.235 e. The minimum Gasteiger partial charge on any atom is -0.392 e. The summed E-state index contributed by atoms with van der Waals surface area (Å²) in [7, 11) is 4.00. The Morgan fingerprint density at radius 2 is 1.89 bits per heavy atom. The lowest BCUT2D eigenvalue weighted by Crippen LogP contribution is -2.53. The van der Waals surface area contributed by atoms with Gasteiger partial charge in [0, 0.05) is 19.1 Å². The van der Waals surface area contributed by atoms with Crippen LogP contribution in [0.4, 0.5) is 0 Å². The first kappa shape index (κ1) is 17.3. The molecule has 0 aliphatic heterocycles. The van der Waals surface area contributed by atoms with Crippen LogP contribution in [0.3, 0.4) is 0 Å². The van der Waals surface area contributed by atoms with Crippen molar-refractivity contribution in [3.05, 3.63) is 0 Å². The predicted molar refractivity (Wildman–Crippen MR) is 80.6 cm³/mol. The highest BCUT2D eigenvalue weighted by atomic mass is 32.1. The number of likely N-dealkylation sites (N-methyl/N-ethyl adjacent to an activating group) is 2. The fraction of sp³-hybridized carbons (Fsp3) is 0.846. The number of hydrogen-bond acceptors (Lipinski definition) is 3. The highest BCUT2D eigenvalue weighted by molar-refractivity contribution is 7.80. The summed E-state index contributed by atoms with van der Waals surface area (Å²) in [6.45, 7) is 9.32. The molecule has 0 aromatic rings. The van der Waals surface area contributed by atoms with Gasteiger partial charge >= 0.3 is 0 Å². The fourth-order valence-electron chi connectivity index (χ4n) is 2.03. The maximum absolute atomic E-state index is 12.6. The zero-order valence-electron chi connectivity index (χ0n) is 12.5. The lowest BCUT2D eigenvalue weighted by molar-refractivity contribution is -0.139. The third-order valence-corrected chi connectivity index (χ3v) is 3.94. The van der Waals surface area contributed by atoms with E-state index in [9.17, 15) is 4.79 Å². The van der Waals surface area contributed by atoms with Crippen molar-refractivity contribution in [2.24, 2.45) is 11.1 Å². The average molecular weight is 273 g/mol. The highest BCUT2D eigenvalue weighted by Crippen LogP contribution is 2.25. The molecule has 0 aromatic carbocycles. The van der Waals surface area contributed by atoms with E-state index in [4.69, 9.17) is 18.0 Å². The summed E-state index contributed by atoms with van der Waals surface area (Å²) in [5.74, 6) is 0.0364. The minimum absolute atomic E-state index is 0.0364. The maximum atomic E-state index is 12.6. The normalized spacial score (nSPS) is 16.2. The lowest BCUT2D eigenvalue weighted by Gasteiger charge is -2.37. The number of hydrogen-bond donors (Lipinski definition) is 1. The van der Waals surface area contributed by atoms with E-state index in [2.05, 4.69) is 11.8 Å². The summed E-state index contributed by atoms with van der Waals surface area (Å²) in [6.07, 6.45) is 0.631.